The van der Waals surface area contributed by atoms with Gasteiger partial charge in [-0.2, -0.15) is 0 Å². The molecule has 0 radical (unpaired) electrons. The van der Waals surface area contributed by atoms with Crippen LogP contribution in [-0.4, -0.2) is 16.1 Å². The summed E-state index contributed by atoms with van der Waals surface area (Å²) in [6, 6.07) is 7.56. The van der Waals surface area contributed by atoms with E-state index in [0.29, 0.717) is 36.1 Å². The lowest BCUT2D eigenvalue weighted by molar-refractivity contribution is -0.135. The van der Waals surface area contributed by atoms with Crippen molar-refractivity contribution in [2.75, 3.05) is 0 Å². The highest BCUT2D eigenvalue weighted by molar-refractivity contribution is 5.88. The lowest BCUT2D eigenvalue weighted by Gasteiger charge is -2.29. The highest BCUT2D eigenvalue weighted by atomic mass is 19.1. The number of nitrogens with zero attached hydrogens (tertiary/aromatic N) is 1. The van der Waals surface area contributed by atoms with Crippen LogP contribution in [0.4, 0.5) is 8.78 Å². The van der Waals surface area contributed by atoms with Gasteiger partial charge in [0.1, 0.15) is 11.6 Å². The first-order valence-corrected chi connectivity index (χ1v) is 7.79. The van der Waals surface area contributed by atoms with Crippen molar-refractivity contribution in [1.29, 1.82) is 0 Å². The van der Waals surface area contributed by atoms with E-state index in [1.54, 1.807) is 30.6 Å². The number of pyridine rings is 1. The Kier molecular flexibility index (Phi) is 4.32. The fourth-order valence-electron chi connectivity index (χ4n) is 3.73. The third kappa shape index (κ3) is 2.67. The molecule has 1 amide bonds. The summed E-state index contributed by atoms with van der Waals surface area (Å²) in [5, 5.41) is 9.22. The van der Waals surface area contributed by atoms with Gasteiger partial charge in [0.15, 0.2) is 0 Å². The summed E-state index contributed by atoms with van der Waals surface area (Å²) >= 11 is 0. The lowest BCUT2D eigenvalue weighted by Crippen LogP contribution is -2.42. The predicted molar refractivity (Wildman–Crippen MR) is 83.5 cm³/mol. The number of hydroxylamine groups is 1. The highest BCUT2D eigenvalue weighted by Crippen LogP contribution is 2.49. The average molecular weight is 332 g/mol. The van der Waals surface area contributed by atoms with Crippen LogP contribution in [0.1, 0.15) is 42.0 Å². The topological polar surface area (TPSA) is 62.2 Å². The van der Waals surface area contributed by atoms with E-state index in [0.717, 1.165) is 6.20 Å². The lowest BCUT2D eigenvalue weighted by atomic mass is 9.75. The molecule has 126 valence electrons. The van der Waals surface area contributed by atoms with Gasteiger partial charge in [-0.3, -0.25) is 15.0 Å². The van der Waals surface area contributed by atoms with Gasteiger partial charge in [0, 0.05) is 11.6 Å². The SMILES string of the molecule is Cc1c(F)cccc1[C@]1(C(=O)NO)CC[C@@H](c2ccc(F)cn2)C1. The second-order valence-corrected chi connectivity index (χ2v) is 6.28. The highest BCUT2D eigenvalue weighted by Gasteiger charge is 2.48. The van der Waals surface area contributed by atoms with Crippen LogP contribution < -0.4 is 5.48 Å². The predicted octanol–water partition coefficient (Wildman–Crippen LogP) is 3.38. The molecule has 1 heterocycles. The smallest absolute Gasteiger partial charge is 0.254 e. The first-order chi connectivity index (χ1) is 11.5. The number of halogens is 2. The van der Waals surface area contributed by atoms with Crippen molar-refractivity contribution >= 4 is 5.91 Å². The molecule has 0 spiro atoms. The molecule has 1 aliphatic carbocycles. The summed E-state index contributed by atoms with van der Waals surface area (Å²) in [7, 11) is 0. The molecule has 0 bridgehead atoms. The summed E-state index contributed by atoms with van der Waals surface area (Å²) in [6.45, 7) is 1.63. The number of amides is 1. The van der Waals surface area contributed by atoms with Gasteiger partial charge in [-0.25, -0.2) is 14.3 Å². The minimum Gasteiger partial charge on any atom is -0.289 e. The second-order valence-electron chi connectivity index (χ2n) is 6.28. The number of carbonyl (C=O) groups excluding carboxylic acids is 1. The van der Waals surface area contributed by atoms with Crippen LogP contribution in [0.25, 0.3) is 0 Å². The molecule has 1 aromatic heterocycles. The van der Waals surface area contributed by atoms with Crippen molar-refractivity contribution in [3.05, 3.63) is 65.0 Å². The Hall–Kier alpha value is -2.34. The van der Waals surface area contributed by atoms with Crippen LogP contribution in [0.5, 0.6) is 0 Å². The van der Waals surface area contributed by atoms with Crippen LogP contribution >= 0.6 is 0 Å². The number of nitrogens with one attached hydrogen (secondary N) is 1. The molecule has 0 unspecified atom stereocenters. The van der Waals surface area contributed by atoms with E-state index >= 15 is 0 Å². The quantitative estimate of drug-likeness (QED) is 0.669. The van der Waals surface area contributed by atoms with Crippen LogP contribution in [0, 0.1) is 18.6 Å². The summed E-state index contributed by atoms with van der Waals surface area (Å²) in [5.41, 5.74) is 2.36. The third-order valence-corrected chi connectivity index (χ3v) is 5.00. The molecular weight excluding hydrogens is 314 g/mol. The molecule has 3 rings (SSSR count). The van der Waals surface area contributed by atoms with E-state index < -0.39 is 17.1 Å². The molecule has 0 saturated heterocycles. The van der Waals surface area contributed by atoms with Crippen molar-refractivity contribution < 1.29 is 18.8 Å². The Morgan fingerprint density at radius 3 is 2.79 bits per heavy atom. The average Bonchev–Trinajstić information content (AvgIpc) is 3.03. The summed E-state index contributed by atoms with van der Waals surface area (Å²) < 4.78 is 27.1. The standard InChI is InChI=1S/C18H18F2N2O2/c1-11-14(3-2-4-15(11)20)18(17(23)22-24)8-7-12(9-18)16-6-5-13(19)10-21-16/h2-6,10,12,24H,7-9H2,1H3,(H,22,23)/t12-,18+/m1/s1. The Balaban J connectivity index is 2.01. The molecule has 2 N–H and O–H groups in total. The van der Waals surface area contributed by atoms with Gasteiger partial charge >= 0.3 is 0 Å². The molecule has 4 nitrogen and oxygen atoms in total. The van der Waals surface area contributed by atoms with Crippen molar-refractivity contribution in [3.8, 4) is 0 Å². The molecule has 6 heteroatoms. The number of benzene rings is 1. The minimum absolute atomic E-state index is 0.0643. The van der Waals surface area contributed by atoms with E-state index in [9.17, 15) is 18.8 Å². The first kappa shape index (κ1) is 16.5. The van der Waals surface area contributed by atoms with Crippen molar-refractivity contribution in [1.82, 2.24) is 10.5 Å². The van der Waals surface area contributed by atoms with Gasteiger partial charge in [0.25, 0.3) is 5.91 Å². The van der Waals surface area contributed by atoms with E-state index in [4.69, 9.17) is 0 Å². The maximum atomic E-state index is 14.0. The fourth-order valence-corrected chi connectivity index (χ4v) is 3.73. The molecule has 1 aromatic carbocycles. The van der Waals surface area contributed by atoms with E-state index in [2.05, 4.69) is 4.98 Å². The number of hydrogen-bond donors (Lipinski definition) is 2. The molecule has 0 aliphatic heterocycles. The molecule has 1 aliphatic rings. The monoisotopic (exact) mass is 332 g/mol. The van der Waals surface area contributed by atoms with Crippen molar-refractivity contribution in [2.45, 2.75) is 37.5 Å². The number of carbonyl (C=O) groups is 1. The maximum absolute atomic E-state index is 14.0. The van der Waals surface area contributed by atoms with Gasteiger partial charge in [0.2, 0.25) is 0 Å². The van der Waals surface area contributed by atoms with Gasteiger partial charge in [-0.15, -0.1) is 0 Å². The number of rotatable bonds is 3. The van der Waals surface area contributed by atoms with E-state index in [1.807, 2.05) is 0 Å². The number of hydrogen-bond acceptors (Lipinski definition) is 3. The minimum atomic E-state index is -1.03. The van der Waals surface area contributed by atoms with Gasteiger partial charge in [-0.05, 0) is 55.5 Å². The first-order valence-electron chi connectivity index (χ1n) is 7.79. The Labute approximate surface area is 138 Å². The largest absolute Gasteiger partial charge is 0.289 e. The molecular formula is C18H18F2N2O2. The molecule has 1 fully saturated rings. The van der Waals surface area contributed by atoms with Crippen LogP contribution in [-0.2, 0) is 10.2 Å². The molecule has 2 atom stereocenters. The Morgan fingerprint density at radius 2 is 2.12 bits per heavy atom. The summed E-state index contributed by atoms with van der Waals surface area (Å²) in [4.78, 5) is 16.6. The van der Waals surface area contributed by atoms with Crippen molar-refractivity contribution in [2.24, 2.45) is 0 Å². The Morgan fingerprint density at radius 1 is 1.33 bits per heavy atom. The third-order valence-electron chi connectivity index (χ3n) is 5.00. The normalized spacial score (nSPS) is 23.2. The van der Waals surface area contributed by atoms with Gasteiger partial charge in [-0.1, -0.05) is 12.1 Å². The van der Waals surface area contributed by atoms with E-state index in [1.165, 1.54) is 12.1 Å². The summed E-state index contributed by atoms with van der Waals surface area (Å²) in [6.07, 6.45) is 2.62. The zero-order valence-corrected chi connectivity index (χ0v) is 13.2. The molecule has 24 heavy (non-hydrogen) atoms. The van der Waals surface area contributed by atoms with Gasteiger partial charge < -0.3 is 0 Å². The van der Waals surface area contributed by atoms with Gasteiger partial charge in [0.05, 0.1) is 11.6 Å². The van der Waals surface area contributed by atoms with Crippen LogP contribution in [0.15, 0.2) is 36.5 Å². The van der Waals surface area contributed by atoms with Crippen LogP contribution in [0.3, 0.4) is 0 Å². The fraction of sp³-hybridized carbons (Fsp3) is 0.333. The maximum Gasteiger partial charge on any atom is 0.254 e. The molecule has 2 aromatic rings. The van der Waals surface area contributed by atoms with E-state index in [-0.39, 0.29) is 11.7 Å². The number of aromatic nitrogens is 1. The van der Waals surface area contributed by atoms with Crippen LogP contribution in [0.2, 0.25) is 0 Å². The summed E-state index contributed by atoms with van der Waals surface area (Å²) in [5.74, 6) is -1.43. The molecule has 1 saturated carbocycles. The zero-order valence-electron chi connectivity index (χ0n) is 13.2. The second kappa shape index (κ2) is 6.28. The Bertz CT molecular complexity index is 764. The zero-order chi connectivity index (χ0) is 17.3. The van der Waals surface area contributed by atoms with Crippen molar-refractivity contribution in [3.63, 3.8) is 0 Å².